The molecule has 0 aliphatic rings. The highest BCUT2D eigenvalue weighted by molar-refractivity contribution is 5.79. The Labute approximate surface area is 124 Å². The second-order valence-corrected chi connectivity index (χ2v) is 5.12. The van der Waals surface area contributed by atoms with Gasteiger partial charge in [-0.2, -0.15) is 0 Å². The highest BCUT2D eigenvalue weighted by Crippen LogP contribution is 2.07. The quantitative estimate of drug-likeness (QED) is 0.160. The van der Waals surface area contributed by atoms with Crippen molar-refractivity contribution in [1.82, 2.24) is 10.7 Å². The van der Waals surface area contributed by atoms with Gasteiger partial charge < -0.3 is 10.1 Å². The van der Waals surface area contributed by atoms with E-state index in [0.717, 1.165) is 26.1 Å². The lowest BCUT2D eigenvalue weighted by Gasteiger charge is -2.09. The maximum absolute atomic E-state index is 5.42. The van der Waals surface area contributed by atoms with Crippen LogP contribution in [0.3, 0.4) is 0 Å². The summed E-state index contributed by atoms with van der Waals surface area (Å²) in [6.45, 7) is 4.66. The second-order valence-electron chi connectivity index (χ2n) is 5.12. The lowest BCUT2D eigenvalue weighted by atomic mass is 10.1. The standard InChI is InChI=1S/C15H34N4O/c1-3-4-5-6-7-8-9-10-12-17-15(19-16)18-13-11-14-20-2/h3-14,16H2,1-2H3,(H2,17,18,19). The van der Waals surface area contributed by atoms with Gasteiger partial charge in [-0.3, -0.25) is 10.4 Å². The van der Waals surface area contributed by atoms with Gasteiger partial charge in [-0.15, -0.1) is 0 Å². The first-order valence-electron chi connectivity index (χ1n) is 8.09. The van der Waals surface area contributed by atoms with E-state index in [1.807, 2.05) is 0 Å². The van der Waals surface area contributed by atoms with Crippen molar-refractivity contribution >= 4 is 5.96 Å². The number of methoxy groups -OCH3 is 1. The van der Waals surface area contributed by atoms with Crippen LogP contribution >= 0.6 is 0 Å². The summed E-state index contributed by atoms with van der Waals surface area (Å²) in [6, 6.07) is 0. The van der Waals surface area contributed by atoms with E-state index in [9.17, 15) is 0 Å². The summed E-state index contributed by atoms with van der Waals surface area (Å²) in [5.41, 5.74) is 2.60. The van der Waals surface area contributed by atoms with Gasteiger partial charge in [-0.1, -0.05) is 51.9 Å². The van der Waals surface area contributed by atoms with Gasteiger partial charge in [0.1, 0.15) is 0 Å². The van der Waals surface area contributed by atoms with E-state index >= 15 is 0 Å². The van der Waals surface area contributed by atoms with Gasteiger partial charge in [0.05, 0.1) is 0 Å². The summed E-state index contributed by atoms with van der Waals surface area (Å²) in [4.78, 5) is 4.34. The second kappa shape index (κ2) is 16.2. The number of nitrogens with zero attached hydrogens (tertiary/aromatic N) is 1. The molecule has 20 heavy (non-hydrogen) atoms. The van der Waals surface area contributed by atoms with E-state index in [1.54, 1.807) is 7.11 Å². The molecule has 120 valence electrons. The van der Waals surface area contributed by atoms with Crippen LogP contribution in [0.25, 0.3) is 0 Å². The van der Waals surface area contributed by atoms with Gasteiger partial charge in [0.15, 0.2) is 0 Å². The predicted molar refractivity (Wildman–Crippen MR) is 86.7 cm³/mol. The van der Waals surface area contributed by atoms with Crippen LogP contribution in [0.5, 0.6) is 0 Å². The molecule has 0 aliphatic heterocycles. The van der Waals surface area contributed by atoms with Crippen LogP contribution in [0.15, 0.2) is 4.99 Å². The van der Waals surface area contributed by atoms with Crippen LogP contribution in [0.2, 0.25) is 0 Å². The molecular weight excluding hydrogens is 252 g/mol. The molecule has 0 aliphatic carbocycles. The number of rotatable bonds is 13. The summed E-state index contributed by atoms with van der Waals surface area (Å²) in [7, 11) is 1.70. The number of unbranched alkanes of at least 4 members (excludes halogenated alkanes) is 7. The number of hydrazine groups is 1. The molecule has 5 heteroatoms. The monoisotopic (exact) mass is 286 g/mol. The van der Waals surface area contributed by atoms with E-state index in [0.29, 0.717) is 5.96 Å². The Bertz CT molecular complexity index is 222. The Kier molecular flexibility index (Phi) is 15.6. The van der Waals surface area contributed by atoms with Crippen molar-refractivity contribution < 1.29 is 4.74 Å². The maximum atomic E-state index is 5.42. The van der Waals surface area contributed by atoms with Crippen LogP contribution in [-0.4, -0.2) is 32.8 Å². The topological polar surface area (TPSA) is 71.7 Å². The number of nitrogens with one attached hydrogen (secondary N) is 2. The molecule has 0 radical (unpaired) electrons. The fourth-order valence-corrected chi connectivity index (χ4v) is 2.02. The zero-order valence-corrected chi connectivity index (χ0v) is 13.4. The molecule has 0 saturated heterocycles. The van der Waals surface area contributed by atoms with Gasteiger partial charge in [0, 0.05) is 26.8 Å². The Morgan fingerprint density at radius 3 is 2.25 bits per heavy atom. The van der Waals surface area contributed by atoms with Gasteiger partial charge >= 0.3 is 0 Å². The number of hydrogen-bond donors (Lipinski definition) is 3. The first-order chi connectivity index (χ1) is 9.85. The van der Waals surface area contributed by atoms with Crippen molar-refractivity contribution in [3.05, 3.63) is 0 Å². The number of nitrogens with two attached hydrogens (primary N) is 1. The van der Waals surface area contributed by atoms with Crippen LogP contribution in [0.1, 0.15) is 64.7 Å². The zero-order valence-electron chi connectivity index (χ0n) is 13.4. The first-order valence-corrected chi connectivity index (χ1v) is 8.09. The zero-order chi connectivity index (χ0) is 14.9. The maximum Gasteiger partial charge on any atom is 0.205 e. The summed E-state index contributed by atoms with van der Waals surface area (Å²) < 4.78 is 4.98. The summed E-state index contributed by atoms with van der Waals surface area (Å²) in [5.74, 6) is 6.11. The van der Waals surface area contributed by atoms with Gasteiger partial charge in [0.2, 0.25) is 5.96 Å². The Morgan fingerprint density at radius 1 is 1.00 bits per heavy atom. The molecule has 0 atom stereocenters. The molecule has 0 fully saturated rings. The molecule has 5 nitrogen and oxygen atoms in total. The highest BCUT2D eigenvalue weighted by Gasteiger charge is 1.95. The summed E-state index contributed by atoms with van der Waals surface area (Å²) in [5, 5.41) is 3.23. The third-order valence-electron chi connectivity index (χ3n) is 3.24. The minimum Gasteiger partial charge on any atom is -0.385 e. The normalized spacial score (nSPS) is 11.7. The smallest absolute Gasteiger partial charge is 0.205 e. The molecule has 0 aromatic rings. The third kappa shape index (κ3) is 13.6. The number of guanidine groups is 1. The number of aliphatic imine (C=N–C) groups is 1. The van der Waals surface area contributed by atoms with Gasteiger partial charge in [0.25, 0.3) is 0 Å². The van der Waals surface area contributed by atoms with Crippen molar-refractivity contribution in [2.24, 2.45) is 10.8 Å². The lowest BCUT2D eigenvalue weighted by Crippen LogP contribution is -2.42. The SMILES string of the molecule is CCCCCCCCCCNC(=NCCCOC)NN. The molecule has 0 unspecified atom stereocenters. The van der Waals surface area contributed by atoms with Crippen molar-refractivity contribution in [3.63, 3.8) is 0 Å². The van der Waals surface area contributed by atoms with Crippen molar-refractivity contribution in [2.75, 3.05) is 26.8 Å². The average molecular weight is 286 g/mol. The third-order valence-corrected chi connectivity index (χ3v) is 3.24. The fraction of sp³-hybridized carbons (Fsp3) is 0.933. The number of ether oxygens (including phenoxy) is 1. The van der Waals surface area contributed by atoms with Gasteiger partial charge in [-0.05, 0) is 12.8 Å². The van der Waals surface area contributed by atoms with E-state index in [2.05, 4.69) is 22.7 Å². The molecule has 0 amide bonds. The molecule has 4 N–H and O–H groups in total. The Morgan fingerprint density at radius 2 is 1.65 bits per heavy atom. The summed E-state index contributed by atoms with van der Waals surface area (Å²) >= 11 is 0. The Hall–Kier alpha value is -0.810. The molecule has 0 rings (SSSR count). The Balaban J connectivity index is 3.37. The van der Waals surface area contributed by atoms with Crippen molar-refractivity contribution in [2.45, 2.75) is 64.7 Å². The van der Waals surface area contributed by atoms with Crippen molar-refractivity contribution in [3.8, 4) is 0 Å². The average Bonchev–Trinajstić information content (AvgIpc) is 2.47. The molecule has 0 aromatic carbocycles. The van der Waals surface area contributed by atoms with Crippen LogP contribution in [-0.2, 0) is 4.74 Å². The largest absolute Gasteiger partial charge is 0.385 e. The highest BCUT2D eigenvalue weighted by atomic mass is 16.5. The summed E-state index contributed by atoms with van der Waals surface area (Å²) in [6.07, 6.45) is 11.6. The molecule has 0 spiro atoms. The van der Waals surface area contributed by atoms with E-state index < -0.39 is 0 Å². The first kappa shape index (κ1) is 19.2. The van der Waals surface area contributed by atoms with Gasteiger partial charge in [-0.25, -0.2) is 5.84 Å². The fourth-order valence-electron chi connectivity index (χ4n) is 2.02. The minimum absolute atomic E-state index is 0.684. The molecule has 0 bridgehead atoms. The predicted octanol–water partition coefficient (Wildman–Crippen LogP) is 2.57. The molecule has 0 aromatic heterocycles. The van der Waals surface area contributed by atoms with E-state index in [-0.39, 0.29) is 0 Å². The molecule has 0 saturated carbocycles. The van der Waals surface area contributed by atoms with E-state index in [4.69, 9.17) is 10.6 Å². The molecular formula is C15H34N4O. The van der Waals surface area contributed by atoms with Crippen LogP contribution < -0.4 is 16.6 Å². The van der Waals surface area contributed by atoms with E-state index in [1.165, 1.54) is 51.4 Å². The van der Waals surface area contributed by atoms with Crippen LogP contribution in [0.4, 0.5) is 0 Å². The van der Waals surface area contributed by atoms with Crippen molar-refractivity contribution in [1.29, 1.82) is 0 Å². The lowest BCUT2D eigenvalue weighted by molar-refractivity contribution is 0.197. The molecule has 0 heterocycles. The minimum atomic E-state index is 0.684. The number of hydrogen-bond acceptors (Lipinski definition) is 3. The van der Waals surface area contributed by atoms with Crippen LogP contribution in [0, 0.1) is 0 Å².